The number of para-hydroxylation sites is 1. The maximum Gasteiger partial charge on any atom is 0.226 e. The number of benzene rings is 2. The standard InChI is InChI=1S/C17H18N2O2/c1-13(20)14-7-9-15(10-8-14)18-12-11-17(21)19-16-5-3-2-4-6-16/h2-10,18H,11-12H2,1H3,(H,19,21). The van der Waals surface area contributed by atoms with Gasteiger partial charge in [-0.15, -0.1) is 0 Å². The summed E-state index contributed by atoms with van der Waals surface area (Å²) in [5.74, 6) is 0.0119. The summed E-state index contributed by atoms with van der Waals surface area (Å²) in [6.45, 7) is 2.08. The van der Waals surface area contributed by atoms with Crippen molar-refractivity contribution in [1.29, 1.82) is 0 Å². The molecule has 21 heavy (non-hydrogen) atoms. The van der Waals surface area contributed by atoms with Gasteiger partial charge in [-0.1, -0.05) is 18.2 Å². The van der Waals surface area contributed by atoms with Crippen molar-refractivity contribution in [3.05, 3.63) is 60.2 Å². The molecule has 0 aliphatic heterocycles. The van der Waals surface area contributed by atoms with Crippen LogP contribution in [0.25, 0.3) is 0 Å². The number of hydrogen-bond donors (Lipinski definition) is 2. The normalized spacial score (nSPS) is 9.95. The van der Waals surface area contributed by atoms with Gasteiger partial charge in [0.1, 0.15) is 0 Å². The first kappa shape index (κ1) is 14.8. The van der Waals surface area contributed by atoms with Crippen LogP contribution >= 0.6 is 0 Å². The Kier molecular flexibility index (Phi) is 5.10. The van der Waals surface area contributed by atoms with Gasteiger partial charge in [0.25, 0.3) is 0 Å². The zero-order chi connectivity index (χ0) is 15.1. The molecule has 4 heteroatoms. The smallest absolute Gasteiger partial charge is 0.226 e. The molecule has 0 atom stereocenters. The molecule has 4 nitrogen and oxygen atoms in total. The highest BCUT2D eigenvalue weighted by Gasteiger charge is 2.02. The van der Waals surface area contributed by atoms with Gasteiger partial charge in [0.05, 0.1) is 0 Å². The molecule has 2 rings (SSSR count). The van der Waals surface area contributed by atoms with Gasteiger partial charge in [-0.2, -0.15) is 0 Å². The van der Waals surface area contributed by atoms with Gasteiger partial charge >= 0.3 is 0 Å². The second kappa shape index (κ2) is 7.24. The topological polar surface area (TPSA) is 58.2 Å². The highest BCUT2D eigenvalue weighted by molar-refractivity contribution is 5.94. The van der Waals surface area contributed by atoms with Gasteiger partial charge in [0.2, 0.25) is 5.91 Å². The molecule has 0 unspecified atom stereocenters. The van der Waals surface area contributed by atoms with Crippen LogP contribution in [-0.2, 0) is 4.79 Å². The molecule has 108 valence electrons. The average Bonchev–Trinajstić information content (AvgIpc) is 2.49. The van der Waals surface area contributed by atoms with Gasteiger partial charge in [-0.3, -0.25) is 9.59 Å². The van der Waals surface area contributed by atoms with Crippen molar-refractivity contribution < 1.29 is 9.59 Å². The van der Waals surface area contributed by atoms with E-state index in [0.717, 1.165) is 11.4 Å². The highest BCUT2D eigenvalue weighted by atomic mass is 16.1. The van der Waals surface area contributed by atoms with Crippen LogP contribution in [0.3, 0.4) is 0 Å². The second-order valence-electron chi connectivity index (χ2n) is 4.72. The molecule has 0 saturated heterocycles. The van der Waals surface area contributed by atoms with E-state index in [1.54, 1.807) is 12.1 Å². The van der Waals surface area contributed by atoms with Gasteiger partial charge in [0, 0.05) is 29.9 Å². The molecule has 0 heterocycles. The molecule has 0 radical (unpaired) electrons. The fourth-order valence-electron chi connectivity index (χ4n) is 1.89. The lowest BCUT2D eigenvalue weighted by atomic mass is 10.1. The Labute approximate surface area is 124 Å². The summed E-state index contributed by atoms with van der Waals surface area (Å²) in [4.78, 5) is 22.9. The molecule has 2 aromatic rings. The summed E-state index contributed by atoms with van der Waals surface area (Å²) in [5.41, 5.74) is 2.38. The maximum absolute atomic E-state index is 11.8. The van der Waals surface area contributed by atoms with E-state index in [-0.39, 0.29) is 11.7 Å². The van der Waals surface area contributed by atoms with Crippen LogP contribution in [0.15, 0.2) is 54.6 Å². The SMILES string of the molecule is CC(=O)c1ccc(NCCC(=O)Nc2ccccc2)cc1. The molecular weight excluding hydrogens is 264 g/mol. The number of rotatable bonds is 6. The summed E-state index contributed by atoms with van der Waals surface area (Å²) in [5, 5.41) is 5.98. The van der Waals surface area contributed by atoms with E-state index in [1.165, 1.54) is 6.92 Å². The van der Waals surface area contributed by atoms with Crippen LogP contribution in [0.4, 0.5) is 11.4 Å². The summed E-state index contributed by atoms with van der Waals surface area (Å²) >= 11 is 0. The minimum absolute atomic E-state index is 0.0333. The zero-order valence-electron chi connectivity index (χ0n) is 11.9. The van der Waals surface area contributed by atoms with E-state index in [9.17, 15) is 9.59 Å². The van der Waals surface area contributed by atoms with Crippen molar-refractivity contribution in [3.63, 3.8) is 0 Å². The fourth-order valence-corrected chi connectivity index (χ4v) is 1.89. The average molecular weight is 282 g/mol. The van der Waals surface area contributed by atoms with Crippen LogP contribution < -0.4 is 10.6 Å². The summed E-state index contributed by atoms with van der Waals surface area (Å²) in [6, 6.07) is 16.6. The number of nitrogens with one attached hydrogen (secondary N) is 2. The van der Waals surface area contributed by atoms with E-state index in [4.69, 9.17) is 0 Å². The van der Waals surface area contributed by atoms with Crippen molar-refractivity contribution in [1.82, 2.24) is 0 Å². The molecule has 2 aromatic carbocycles. The summed E-state index contributed by atoms with van der Waals surface area (Å²) < 4.78 is 0. The lowest BCUT2D eigenvalue weighted by molar-refractivity contribution is -0.115. The number of carbonyl (C=O) groups is 2. The van der Waals surface area contributed by atoms with E-state index < -0.39 is 0 Å². The number of carbonyl (C=O) groups excluding carboxylic acids is 2. The maximum atomic E-state index is 11.8. The molecule has 0 aromatic heterocycles. The first-order valence-electron chi connectivity index (χ1n) is 6.85. The second-order valence-corrected chi connectivity index (χ2v) is 4.72. The predicted octanol–water partition coefficient (Wildman–Crippen LogP) is 3.33. The molecule has 0 aliphatic carbocycles. The van der Waals surface area contributed by atoms with E-state index in [2.05, 4.69) is 10.6 Å². The van der Waals surface area contributed by atoms with Gasteiger partial charge in [0.15, 0.2) is 5.78 Å². The van der Waals surface area contributed by atoms with Gasteiger partial charge in [-0.25, -0.2) is 0 Å². The number of Topliss-reactive ketones (excluding diaryl/α,β-unsaturated/α-hetero) is 1. The third-order valence-electron chi connectivity index (χ3n) is 3.03. The number of amides is 1. The third kappa shape index (κ3) is 4.76. The van der Waals surface area contributed by atoms with Crippen molar-refractivity contribution in [2.24, 2.45) is 0 Å². The Morgan fingerprint density at radius 2 is 1.57 bits per heavy atom. The highest BCUT2D eigenvalue weighted by Crippen LogP contribution is 2.10. The monoisotopic (exact) mass is 282 g/mol. The van der Waals surface area contributed by atoms with Crippen LogP contribution in [-0.4, -0.2) is 18.2 Å². The number of ketones is 1. The Morgan fingerprint density at radius 1 is 0.905 bits per heavy atom. The first-order chi connectivity index (χ1) is 10.1. The van der Waals surface area contributed by atoms with Gasteiger partial charge in [-0.05, 0) is 43.3 Å². The zero-order valence-corrected chi connectivity index (χ0v) is 11.9. The van der Waals surface area contributed by atoms with Crippen LogP contribution in [0.1, 0.15) is 23.7 Å². The van der Waals surface area contributed by atoms with Crippen LogP contribution in [0, 0.1) is 0 Å². The van der Waals surface area contributed by atoms with Crippen molar-refractivity contribution in [3.8, 4) is 0 Å². The summed E-state index contributed by atoms with van der Waals surface area (Å²) in [7, 11) is 0. The van der Waals surface area contributed by atoms with Gasteiger partial charge < -0.3 is 10.6 Å². The lowest BCUT2D eigenvalue weighted by Gasteiger charge is -2.08. The molecule has 0 bridgehead atoms. The largest absolute Gasteiger partial charge is 0.385 e. The molecule has 0 spiro atoms. The first-order valence-corrected chi connectivity index (χ1v) is 6.85. The molecular formula is C17H18N2O2. The van der Waals surface area contributed by atoms with Crippen molar-refractivity contribution in [2.75, 3.05) is 17.2 Å². The minimum Gasteiger partial charge on any atom is -0.385 e. The molecule has 0 fully saturated rings. The third-order valence-corrected chi connectivity index (χ3v) is 3.03. The Bertz CT molecular complexity index is 606. The van der Waals surface area contributed by atoms with Crippen molar-refractivity contribution in [2.45, 2.75) is 13.3 Å². The van der Waals surface area contributed by atoms with Crippen LogP contribution in [0.5, 0.6) is 0 Å². The minimum atomic E-state index is -0.0333. The lowest BCUT2D eigenvalue weighted by Crippen LogP contribution is -2.16. The molecule has 0 saturated carbocycles. The predicted molar refractivity (Wildman–Crippen MR) is 84.6 cm³/mol. The van der Waals surface area contributed by atoms with Crippen LogP contribution in [0.2, 0.25) is 0 Å². The Morgan fingerprint density at radius 3 is 2.19 bits per heavy atom. The summed E-state index contributed by atoms with van der Waals surface area (Å²) in [6.07, 6.45) is 0.378. The van der Waals surface area contributed by atoms with E-state index in [0.29, 0.717) is 18.5 Å². The molecule has 0 aliphatic rings. The van der Waals surface area contributed by atoms with Crippen molar-refractivity contribution >= 4 is 23.1 Å². The number of anilines is 2. The van der Waals surface area contributed by atoms with E-state index in [1.807, 2.05) is 42.5 Å². The quantitative estimate of drug-likeness (QED) is 0.799. The number of hydrogen-bond acceptors (Lipinski definition) is 3. The fraction of sp³-hybridized carbons (Fsp3) is 0.176. The van der Waals surface area contributed by atoms with E-state index >= 15 is 0 Å². The Hall–Kier alpha value is -2.62. The molecule has 1 amide bonds. The molecule has 2 N–H and O–H groups in total. The Balaban J connectivity index is 1.76.